The van der Waals surface area contributed by atoms with Crippen LogP contribution in [0.1, 0.15) is 50.8 Å². The Hall–Kier alpha value is -1.89. The van der Waals surface area contributed by atoms with E-state index >= 15 is 0 Å². The summed E-state index contributed by atoms with van der Waals surface area (Å²) in [6.45, 7) is 9.79. The fourth-order valence-corrected chi connectivity index (χ4v) is 3.48. The second-order valence-corrected chi connectivity index (χ2v) is 8.05. The second-order valence-electron chi connectivity index (χ2n) is 8.05. The van der Waals surface area contributed by atoms with Gasteiger partial charge < -0.3 is 14.5 Å². The molecule has 0 radical (unpaired) electrons. The van der Waals surface area contributed by atoms with Crippen LogP contribution in [-0.4, -0.2) is 59.7 Å². The van der Waals surface area contributed by atoms with Crippen LogP contribution in [0.5, 0.6) is 0 Å². The smallest absolute Gasteiger partial charge is 0.255 e. The summed E-state index contributed by atoms with van der Waals surface area (Å²) in [6.07, 6.45) is 4.06. The first-order valence-electron chi connectivity index (χ1n) is 10.2. The van der Waals surface area contributed by atoms with E-state index in [0.29, 0.717) is 55.2 Å². The Morgan fingerprint density at radius 1 is 1.33 bits per heavy atom. The van der Waals surface area contributed by atoms with Crippen LogP contribution >= 0.6 is 0 Å². The molecule has 1 aliphatic heterocycles. The number of hydrogen-bond acceptors (Lipinski definition) is 5. The van der Waals surface area contributed by atoms with E-state index in [0.717, 1.165) is 38.9 Å². The van der Waals surface area contributed by atoms with Crippen molar-refractivity contribution >= 4 is 11.9 Å². The van der Waals surface area contributed by atoms with Crippen molar-refractivity contribution in [1.29, 1.82) is 0 Å². The molecule has 1 aromatic rings. The standard InChI is InChI=1S/C20H32N4O3/c1-14(2)8-9-24(16-4-5-16)18(25)7-6-17-15(3)21-20(22-19(17)26)23-10-12-27-13-11-23/h14,16H,4-13H2,1-3H3,(H,21,22,26). The topological polar surface area (TPSA) is 78.5 Å². The van der Waals surface area contributed by atoms with E-state index in [4.69, 9.17) is 4.74 Å². The molecule has 2 aliphatic rings. The minimum absolute atomic E-state index is 0.128. The van der Waals surface area contributed by atoms with E-state index in [1.54, 1.807) is 0 Å². The number of carbonyl (C=O) groups is 1. The van der Waals surface area contributed by atoms with E-state index < -0.39 is 0 Å². The molecule has 1 aliphatic carbocycles. The summed E-state index contributed by atoms with van der Waals surface area (Å²) >= 11 is 0. The molecule has 27 heavy (non-hydrogen) atoms. The normalized spacial score (nSPS) is 17.4. The molecule has 0 spiro atoms. The maximum atomic E-state index is 12.7. The second kappa shape index (κ2) is 8.87. The largest absolute Gasteiger partial charge is 0.378 e. The zero-order valence-corrected chi connectivity index (χ0v) is 16.8. The van der Waals surface area contributed by atoms with Crippen molar-refractivity contribution in [3.63, 3.8) is 0 Å². The molecule has 0 aromatic carbocycles. The number of H-pyrrole nitrogens is 1. The number of aromatic amines is 1. The fourth-order valence-electron chi connectivity index (χ4n) is 3.48. The zero-order chi connectivity index (χ0) is 19.4. The summed E-state index contributed by atoms with van der Waals surface area (Å²) in [5.74, 6) is 1.35. The Balaban J connectivity index is 1.62. The van der Waals surface area contributed by atoms with Crippen LogP contribution in [0.2, 0.25) is 0 Å². The Morgan fingerprint density at radius 3 is 2.63 bits per heavy atom. The highest BCUT2D eigenvalue weighted by Crippen LogP contribution is 2.28. The van der Waals surface area contributed by atoms with Crippen LogP contribution in [0.25, 0.3) is 0 Å². The van der Waals surface area contributed by atoms with E-state index in [-0.39, 0.29) is 11.5 Å². The molecular formula is C20H32N4O3. The highest BCUT2D eigenvalue weighted by atomic mass is 16.5. The molecular weight excluding hydrogens is 344 g/mol. The molecule has 150 valence electrons. The number of anilines is 1. The number of aromatic nitrogens is 2. The molecule has 1 amide bonds. The van der Waals surface area contributed by atoms with Crippen LogP contribution in [0, 0.1) is 12.8 Å². The van der Waals surface area contributed by atoms with Gasteiger partial charge in [0.1, 0.15) is 0 Å². The molecule has 1 N–H and O–H groups in total. The van der Waals surface area contributed by atoms with Crippen molar-refractivity contribution in [1.82, 2.24) is 14.9 Å². The van der Waals surface area contributed by atoms with Crippen LogP contribution < -0.4 is 10.5 Å². The summed E-state index contributed by atoms with van der Waals surface area (Å²) < 4.78 is 5.35. The molecule has 7 nitrogen and oxygen atoms in total. The van der Waals surface area contributed by atoms with Gasteiger partial charge in [-0.2, -0.15) is 0 Å². The van der Waals surface area contributed by atoms with E-state index in [1.165, 1.54) is 0 Å². The molecule has 3 rings (SSSR count). The number of hydrogen-bond donors (Lipinski definition) is 1. The van der Waals surface area contributed by atoms with Gasteiger partial charge in [-0.15, -0.1) is 0 Å². The van der Waals surface area contributed by atoms with Gasteiger partial charge in [0.05, 0.1) is 13.2 Å². The maximum Gasteiger partial charge on any atom is 0.255 e. The van der Waals surface area contributed by atoms with Gasteiger partial charge >= 0.3 is 0 Å². The Kier molecular flexibility index (Phi) is 6.52. The highest BCUT2D eigenvalue weighted by molar-refractivity contribution is 5.77. The van der Waals surface area contributed by atoms with Crippen molar-refractivity contribution in [2.75, 3.05) is 37.7 Å². The average Bonchev–Trinajstić information content (AvgIpc) is 3.46. The number of carbonyl (C=O) groups excluding carboxylic acids is 1. The summed E-state index contributed by atoms with van der Waals surface area (Å²) in [5.41, 5.74) is 1.21. The summed E-state index contributed by atoms with van der Waals surface area (Å²) in [4.78, 5) is 36.8. The lowest BCUT2D eigenvalue weighted by atomic mass is 10.1. The van der Waals surface area contributed by atoms with Crippen LogP contribution in [0.4, 0.5) is 5.95 Å². The zero-order valence-electron chi connectivity index (χ0n) is 16.8. The summed E-state index contributed by atoms with van der Waals surface area (Å²) in [6, 6.07) is 0.414. The highest BCUT2D eigenvalue weighted by Gasteiger charge is 2.32. The first-order chi connectivity index (χ1) is 13.0. The number of ether oxygens (including phenoxy) is 1. The molecule has 7 heteroatoms. The van der Waals surface area contributed by atoms with Gasteiger partial charge in [-0.05, 0) is 38.5 Å². The summed E-state index contributed by atoms with van der Waals surface area (Å²) in [7, 11) is 0. The number of nitrogens with one attached hydrogen (secondary N) is 1. The third-order valence-electron chi connectivity index (χ3n) is 5.36. The first kappa shape index (κ1) is 19.9. The van der Waals surface area contributed by atoms with Crippen molar-refractivity contribution in [3.8, 4) is 0 Å². The van der Waals surface area contributed by atoms with Crippen LogP contribution in [-0.2, 0) is 16.0 Å². The Morgan fingerprint density at radius 2 is 2.04 bits per heavy atom. The number of morpholine rings is 1. The summed E-state index contributed by atoms with van der Waals surface area (Å²) in [5, 5.41) is 0. The van der Waals surface area contributed by atoms with Gasteiger partial charge in [0.25, 0.3) is 5.56 Å². The fraction of sp³-hybridized carbons (Fsp3) is 0.750. The third kappa shape index (κ3) is 5.31. The van der Waals surface area contributed by atoms with Gasteiger partial charge in [0.2, 0.25) is 11.9 Å². The molecule has 1 saturated heterocycles. The minimum Gasteiger partial charge on any atom is -0.378 e. The van der Waals surface area contributed by atoms with Crippen molar-refractivity contribution in [2.45, 2.75) is 58.9 Å². The van der Waals surface area contributed by atoms with Crippen LogP contribution in [0.3, 0.4) is 0 Å². The predicted molar refractivity (Wildman–Crippen MR) is 105 cm³/mol. The van der Waals surface area contributed by atoms with Crippen molar-refractivity contribution < 1.29 is 9.53 Å². The molecule has 0 unspecified atom stereocenters. The Bertz CT molecular complexity index is 706. The van der Waals surface area contributed by atoms with E-state index in [2.05, 4.69) is 23.8 Å². The van der Waals surface area contributed by atoms with Gasteiger partial charge in [0.15, 0.2) is 0 Å². The lowest BCUT2D eigenvalue weighted by Crippen LogP contribution is -2.39. The van der Waals surface area contributed by atoms with Crippen molar-refractivity contribution in [3.05, 3.63) is 21.6 Å². The van der Waals surface area contributed by atoms with Crippen molar-refractivity contribution in [2.24, 2.45) is 5.92 Å². The van der Waals surface area contributed by atoms with Gasteiger partial charge in [0, 0.05) is 43.4 Å². The molecule has 0 atom stereocenters. The monoisotopic (exact) mass is 376 g/mol. The lowest BCUT2D eigenvalue weighted by Gasteiger charge is -2.27. The number of aryl methyl sites for hydroxylation is 1. The van der Waals surface area contributed by atoms with Gasteiger partial charge in [-0.3, -0.25) is 14.6 Å². The molecule has 2 heterocycles. The van der Waals surface area contributed by atoms with Gasteiger partial charge in [-0.25, -0.2) is 4.98 Å². The third-order valence-corrected chi connectivity index (χ3v) is 5.36. The van der Waals surface area contributed by atoms with E-state index in [1.807, 2.05) is 16.7 Å². The number of amides is 1. The average molecular weight is 377 g/mol. The molecule has 1 saturated carbocycles. The molecule has 0 bridgehead atoms. The Labute approximate surface area is 161 Å². The molecule has 1 aromatic heterocycles. The van der Waals surface area contributed by atoms with E-state index in [9.17, 15) is 9.59 Å². The first-order valence-corrected chi connectivity index (χ1v) is 10.2. The lowest BCUT2D eigenvalue weighted by molar-refractivity contribution is -0.131. The number of nitrogens with zero attached hydrogens (tertiary/aromatic N) is 3. The quantitative estimate of drug-likeness (QED) is 0.749. The maximum absolute atomic E-state index is 12.7. The SMILES string of the molecule is Cc1nc(N2CCOCC2)[nH]c(=O)c1CCC(=O)N(CCC(C)C)C1CC1. The number of rotatable bonds is 8. The minimum atomic E-state index is -0.128. The van der Waals surface area contributed by atoms with Crippen LogP contribution in [0.15, 0.2) is 4.79 Å². The molecule has 2 fully saturated rings. The predicted octanol–water partition coefficient (Wildman–Crippen LogP) is 1.88. The van der Waals surface area contributed by atoms with Gasteiger partial charge in [-0.1, -0.05) is 13.8 Å².